The molecule has 4 rings (SSSR count). The standard InChI is InChI=1S/C29H32F3N3O5/c30-29(31,32)40-24-9-6-21(7-10-24)8-11-26(36)33-25(20-22-4-2-1-3-5-22)28(38)34-14-12-23(13-15-34)27(37)35-16-18-39-19-17-35/h1-11,23,25H,12-20H2,(H,33,36)/b11-8+/t25-/m1/s1. The van der Waals surface area contributed by atoms with E-state index < -0.39 is 18.3 Å². The second-order valence-corrected chi connectivity index (χ2v) is 9.74. The highest BCUT2D eigenvalue weighted by Crippen LogP contribution is 2.23. The lowest BCUT2D eigenvalue weighted by Gasteiger charge is -2.36. The summed E-state index contributed by atoms with van der Waals surface area (Å²) in [4.78, 5) is 42.7. The molecule has 0 bridgehead atoms. The second-order valence-electron chi connectivity index (χ2n) is 9.74. The molecule has 1 atom stereocenters. The molecule has 8 nitrogen and oxygen atoms in total. The maximum atomic E-state index is 13.5. The third-order valence-corrected chi connectivity index (χ3v) is 6.92. The van der Waals surface area contributed by atoms with Gasteiger partial charge in [0.15, 0.2) is 0 Å². The number of ether oxygens (including phenoxy) is 2. The van der Waals surface area contributed by atoms with Crippen LogP contribution in [0.1, 0.15) is 24.0 Å². The van der Waals surface area contributed by atoms with E-state index in [-0.39, 0.29) is 29.9 Å². The number of likely N-dealkylation sites (tertiary alicyclic amines) is 1. The van der Waals surface area contributed by atoms with Gasteiger partial charge in [0.1, 0.15) is 11.8 Å². The Labute approximate surface area is 230 Å². The largest absolute Gasteiger partial charge is 0.573 e. The van der Waals surface area contributed by atoms with Gasteiger partial charge in [0.2, 0.25) is 17.7 Å². The molecule has 2 saturated heterocycles. The summed E-state index contributed by atoms with van der Waals surface area (Å²) in [6.07, 6.45) is -0.707. The van der Waals surface area contributed by atoms with E-state index in [1.807, 2.05) is 35.2 Å². The highest BCUT2D eigenvalue weighted by molar-refractivity contribution is 5.95. The van der Waals surface area contributed by atoms with Crippen molar-refractivity contribution in [1.82, 2.24) is 15.1 Å². The van der Waals surface area contributed by atoms with E-state index in [9.17, 15) is 27.6 Å². The number of piperidine rings is 1. The Morgan fingerprint density at radius 2 is 1.60 bits per heavy atom. The molecule has 0 unspecified atom stereocenters. The van der Waals surface area contributed by atoms with Crippen LogP contribution in [0.4, 0.5) is 13.2 Å². The van der Waals surface area contributed by atoms with Gasteiger partial charge in [-0.25, -0.2) is 0 Å². The fraction of sp³-hybridized carbons (Fsp3) is 0.414. The summed E-state index contributed by atoms with van der Waals surface area (Å²) in [5.74, 6) is -1.13. The van der Waals surface area contributed by atoms with Crippen molar-refractivity contribution in [3.8, 4) is 5.75 Å². The summed E-state index contributed by atoms with van der Waals surface area (Å²) < 4.78 is 46.3. The monoisotopic (exact) mass is 559 g/mol. The van der Waals surface area contributed by atoms with Crippen molar-refractivity contribution in [2.24, 2.45) is 5.92 Å². The average Bonchev–Trinajstić information content (AvgIpc) is 2.96. The summed E-state index contributed by atoms with van der Waals surface area (Å²) in [7, 11) is 0. The fourth-order valence-corrected chi connectivity index (χ4v) is 4.83. The Hall–Kier alpha value is -3.86. The topological polar surface area (TPSA) is 88.2 Å². The summed E-state index contributed by atoms with van der Waals surface area (Å²) >= 11 is 0. The van der Waals surface area contributed by atoms with E-state index in [0.717, 1.165) is 17.7 Å². The van der Waals surface area contributed by atoms with Gasteiger partial charge in [0.05, 0.1) is 13.2 Å². The number of carbonyl (C=O) groups excluding carboxylic acids is 3. The summed E-state index contributed by atoms with van der Waals surface area (Å²) in [6, 6.07) is 13.6. The minimum atomic E-state index is -4.79. The molecule has 2 fully saturated rings. The van der Waals surface area contributed by atoms with Crippen LogP contribution < -0.4 is 10.1 Å². The zero-order valence-corrected chi connectivity index (χ0v) is 21.9. The van der Waals surface area contributed by atoms with Gasteiger partial charge in [-0.3, -0.25) is 14.4 Å². The Morgan fingerprint density at radius 1 is 0.950 bits per heavy atom. The minimum Gasteiger partial charge on any atom is -0.406 e. The molecule has 11 heteroatoms. The van der Waals surface area contributed by atoms with E-state index in [4.69, 9.17) is 4.74 Å². The van der Waals surface area contributed by atoms with E-state index in [1.165, 1.54) is 24.3 Å². The molecule has 2 aliphatic rings. The molecule has 0 aromatic heterocycles. The van der Waals surface area contributed by atoms with Crippen molar-refractivity contribution in [2.75, 3.05) is 39.4 Å². The number of amides is 3. The molecule has 3 amide bonds. The summed E-state index contributed by atoms with van der Waals surface area (Å²) in [5, 5.41) is 2.78. The molecule has 0 saturated carbocycles. The van der Waals surface area contributed by atoms with Gasteiger partial charge in [-0.15, -0.1) is 13.2 Å². The molecule has 0 radical (unpaired) electrons. The lowest BCUT2D eigenvalue weighted by atomic mass is 9.94. The van der Waals surface area contributed by atoms with E-state index >= 15 is 0 Å². The highest BCUT2D eigenvalue weighted by Gasteiger charge is 2.34. The zero-order valence-electron chi connectivity index (χ0n) is 21.9. The Kier molecular flexibility index (Phi) is 9.81. The number of morpholine rings is 1. The smallest absolute Gasteiger partial charge is 0.406 e. The van der Waals surface area contributed by atoms with Crippen LogP contribution in [0.15, 0.2) is 60.7 Å². The van der Waals surface area contributed by atoms with Gasteiger partial charge >= 0.3 is 6.36 Å². The molecule has 0 aliphatic carbocycles. The molecule has 1 N–H and O–H groups in total. The van der Waals surface area contributed by atoms with Crippen LogP contribution in [0.2, 0.25) is 0 Å². The first kappa shape index (κ1) is 29.1. The van der Waals surface area contributed by atoms with Gasteiger partial charge in [0.25, 0.3) is 0 Å². The van der Waals surface area contributed by atoms with Crippen molar-refractivity contribution in [2.45, 2.75) is 31.7 Å². The molecule has 2 aromatic carbocycles. The van der Waals surface area contributed by atoms with Gasteiger partial charge in [-0.05, 0) is 42.2 Å². The number of nitrogens with one attached hydrogen (secondary N) is 1. The van der Waals surface area contributed by atoms with E-state index in [1.54, 1.807) is 4.90 Å². The van der Waals surface area contributed by atoms with Gasteiger partial charge < -0.3 is 24.6 Å². The first-order chi connectivity index (χ1) is 19.2. The second kappa shape index (κ2) is 13.5. The third-order valence-electron chi connectivity index (χ3n) is 6.92. The predicted molar refractivity (Wildman–Crippen MR) is 141 cm³/mol. The molecule has 2 aromatic rings. The number of hydrogen-bond acceptors (Lipinski definition) is 5. The zero-order chi connectivity index (χ0) is 28.5. The number of benzene rings is 2. The molecule has 40 heavy (non-hydrogen) atoms. The normalized spacial score (nSPS) is 17.5. The number of alkyl halides is 3. The van der Waals surface area contributed by atoms with Crippen LogP contribution in [-0.2, 0) is 25.5 Å². The SMILES string of the molecule is O=C(/C=C/c1ccc(OC(F)(F)F)cc1)N[C@H](Cc1ccccc1)C(=O)N1CCC(C(=O)N2CCOCC2)CC1. The lowest BCUT2D eigenvalue weighted by Crippen LogP contribution is -2.53. The molecule has 2 heterocycles. The maximum absolute atomic E-state index is 13.5. The van der Waals surface area contributed by atoms with Gasteiger partial charge in [-0.2, -0.15) is 0 Å². The highest BCUT2D eigenvalue weighted by atomic mass is 19.4. The first-order valence-electron chi connectivity index (χ1n) is 13.2. The van der Waals surface area contributed by atoms with Crippen LogP contribution in [0.5, 0.6) is 5.75 Å². The van der Waals surface area contributed by atoms with Crippen molar-refractivity contribution in [3.05, 3.63) is 71.8 Å². The van der Waals surface area contributed by atoms with Crippen LogP contribution in [0, 0.1) is 5.92 Å². The van der Waals surface area contributed by atoms with Crippen molar-refractivity contribution in [1.29, 1.82) is 0 Å². The quantitative estimate of drug-likeness (QED) is 0.501. The Bertz CT molecular complexity index is 1170. The maximum Gasteiger partial charge on any atom is 0.573 e. The summed E-state index contributed by atoms with van der Waals surface area (Å²) in [5.41, 5.74) is 1.37. The number of halogens is 3. The van der Waals surface area contributed by atoms with Crippen molar-refractivity contribution >= 4 is 23.8 Å². The lowest BCUT2D eigenvalue weighted by molar-refractivity contribution is -0.274. The Balaban J connectivity index is 1.37. The van der Waals surface area contributed by atoms with E-state index in [2.05, 4.69) is 10.1 Å². The molecule has 214 valence electrons. The van der Waals surface area contributed by atoms with E-state index in [0.29, 0.717) is 57.8 Å². The minimum absolute atomic E-state index is 0.104. The number of nitrogens with zero attached hydrogens (tertiary/aromatic N) is 2. The van der Waals surface area contributed by atoms with Gasteiger partial charge in [-0.1, -0.05) is 42.5 Å². The number of rotatable bonds is 8. The van der Waals surface area contributed by atoms with Crippen molar-refractivity contribution < 1.29 is 37.0 Å². The van der Waals surface area contributed by atoms with Crippen LogP contribution >= 0.6 is 0 Å². The van der Waals surface area contributed by atoms with Crippen LogP contribution in [0.25, 0.3) is 6.08 Å². The molecule has 0 spiro atoms. The summed E-state index contributed by atoms with van der Waals surface area (Å²) in [6.45, 7) is 3.09. The number of hydrogen-bond donors (Lipinski definition) is 1. The third kappa shape index (κ3) is 8.57. The molecule has 2 aliphatic heterocycles. The average molecular weight is 560 g/mol. The number of carbonyl (C=O) groups is 3. The Morgan fingerprint density at radius 3 is 2.23 bits per heavy atom. The molecular weight excluding hydrogens is 527 g/mol. The van der Waals surface area contributed by atoms with Crippen LogP contribution in [0.3, 0.4) is 0 Å². The first-order valence-corrected chi connectivity index (χ1v) is 13.2. The predicted octanol–water partition coefficient (Wildman–Crippen LogP) is 3.42. The van der Waals surface area contributed by atoms with Crippen LogP contribution in [-0.4, -0.2) is 79.3 Å². The fourth-order valence-electron chi connectivity index (χ4n) is 4.83. The van der Waals surface area contributed by atoms with Crippen molar-refractivity contribution in [3.63, 3.8) is 0 Å². The van der Waals surface area contributed by atoms with Gasteiger partial charge in [0, 0.05) is 44.6 Å². The molecular formula is C29H32F3N3O5.